The van der Waals surface area contributed by atoms with Crippen molar-refractivity contribution in [1.29, 1.82) is 0 Å². The van der Waals surface area contributed by atoms with Crippen molar-refractivity contribution < 1.29 is 4.79 Å². The second-order valence-corrected chi connectivity index (χ2v) is 4.69. The Morgan fingerprint density at radius 1 is 1.26 bits per heavy atom. The van der Waals surface area contributed by atoms with Crippen molar-refractivity contribution in [2.24, 2.45) is 0 Å². The van der Waals surface area contributed by atoms with E-state index in [1.807, 2.05) is 37.3 Å². The highest BCUT2D eigenvalue weighted by molar-refractivity contribution is 6.31. The average Bonchev–Trinajstić information content (AvgIpc) is 2.43. The highest BCUT2D eigenvalue weighted by atomic mass is 35.5. The Morgan fingerprint density at radius 3 is 2.84 bits per heavy atom. The van der Waals surface area contributed by atoms with E-state index in [9.17, 15) is 4.79 Å². The number of carbonyl (C=O) groups excluding carboxylic acids is 1. The maximum atomic E-state index is 11.9. The van der Waals surface area contributed by atoms with Crippen LogP contribution in [0.4, 0.5) is 5.69 Å². The van der Waals surface area contributed by atoms with E-state index in [1.165, 1.54) is 0 Å². The van der Waals surface area contributed by atoms with Gasteiger partial charge < -0.3 is 5.32 Å². The van der Waals surface area contributed by atoms with E-state index in [2.05, 4.69) is 10.3 Å². The van der Waals surface area contributed by atoms with Gasteiger partial charge in [-0.15, -0.1) is 0 Å². The molecule has 0 atom stereocenters. The Hall–Kier alpha value is -1.87. The first-order chi connectivity index (χ1) is 9.16. The smallest absolute Gasteiger partial charge is 0.224 e. The summed E-state index contributed by atoms with van der Waals surface area (Å²) in [5.74, 6) is -0.0315. The lowest BCUT2D eigenvalue weighted by Crippen LogP contribution is -2.13. The molecular formula is C15H15ClN2O. The molecule has 0 aliphatic heterocycles. The molecule has 2 rings (SSSR count). The third-order valence-corrected chi connectivity index (χ3v) is 3.29. The molecule has 1 aromatic carbocycles. The van der Waals surface area contributed by atoms with Crippen molar-refractivity contribution >= 4 is 23.2 Å². The molecule has 0 saturated carbocycles. The minimum atomic E-state index is -0.0315. The fraction of sp³-hybridized carbons (Fsp3) is 0.200. The first kappa shape index (κ1) is 13.6. The molecule has 3 nitrogen and oxygen atoms in total. The monoisotopic (exact) mass is 274 g/mol. The minimum absolute atomic E-state index is 0.0315. The van der Waals surface area contributed by atoms with Gasteiger partial charge in [0.25, 0.3) is 0 Å². The third-order valence-electron chi connectivity index (χ3n) is 2.88. The zero-order valence-electron chi connectivity index (χ0n) is 10.7. The van der Waals surface area contributed by atoms with Gasteiger partial charge in [0.05, 0.1) is 0 Å². The number of rotatable bonds is 4. The SMILES string of the molecule is Cc1c(Cl)cccc1NC(=O)CCc1ccccn1. The van der Waals surface area contributed by atoms with Gasteiger partial charge in [-0.25, -0.2) is 0 Å². The number of hydrogen-bond donors (Lipinski definition) is 1. The number of aromatic nitrogens is 1. The lowest BCUT2D eigenvalue weighted by atomic mass is 10.1. The van der Waals surface area contributed by atoms with Crippen LogP contribution in [0, 0.1) is 6.92 Å². The zero-order chi connectivity index (χ0) is 13.7. The van der Waals surface area contributed by atoms with Crippen LogP contribution in [-0.4, -0.2) is 10.9 Å². The molecule has 0 aliphatic carbocycles. The summed E-state index contributed by atoms with van der Waals surface area (Å²) in [7, 11) is 0. The molecule has 1 aromatic heterocycles. The summed E-state index contributed by atoms with van der Waals surface area (Å²) >= 11 is 6.01. The average molecular weight is 275 g/mol. The van der Waals surface area contributed by atoms with Crippen molar-refractivity contribution in [2.45, 2.75) is 19.8 Å². The van der Waals surface area contributed by atoms with Gasteiger partial charge in [-0.05, 0) is 43.2 Å². The lowest BCUT2D eigenvalue weighted by molar-refractivity contribution is -0.116. The van der Waals surface area contributed by atoms with Crippen LogP contribution in [0.2, 0.25) is 5.02 Å². The number of aryl methyl sites for hydroxylation is 1. The number of nitrogens with one attached hydrogen (secondary N) is 1. The summed E-state index contributed by atoms with van der Waals surface area (Å²) in [6, 6.07) is 11.2. The standard InChI is InChI=1S/C15H15ClN2O/c1-11-13(16)6-4-7-14(11)18-15(19)9-8-12-5-2-3-10-17-12/h2-7,10H,8-9H2,1H3,(H,18,19). The van der Waals surface area contributed by atoms with E-state index < -0.39 is 0 Å². The van der Waals surface area contributed by atoms with E-state index in [-0.39, 0.29) is 5.91 Å². The van der Waals surface area contributed by atoms with E-state index in [0.717, 1.165) is 16.9 Å². The molecule has 19 heavy (non-hydrogen) atoms. The quantitative estimate of drug-likeness (QED) is 0.925. The molecule has 0 aliphatic rings. The van der Waals surface area contributed by atoms with Gasteiger partial charge in [0, 0.05) is 29.0 Å². The van der Waals surface area contributed by atoms with Gasteiger partial charge in [0.15, 0.2) is 0 Å². The lowest BCUT2D eigenvalue weighted by Gasteiger charge is -2.09. The van der Waals surface area contributed by atoms with Crippen molar-refractivity contribution in [2.75, 3.05) is 5.32 Å². The van der Waals surface area contributed by atoms with E-state index in [0.29, 0.717) is 17.9 Å². The molecule has 0 bridgehead atoms. The Labute approximate surface area is 117 Å². The molecule has 1 N–H and O–H groups in total. The summed E-state index contributed by atoms with van der Waals surface area (Å²) in [6.45, 7) is 1.89. The molecule has 0 spiro atoms. The van der Waals surface area contributed by atoms with Gasteiger partial charge in [-0.2, -0.15) is 0 Å². The van der Waals surface area contributed by atoms with Crippen LogP contribution in [0.1, 0.15) is 17.7 Å². The number of amides is 1. The van der Waals surface area contributed by atoms with Crippen LogP contribution < -0.4 is 5.32 Å². The molecular weight excluding hydrogens is 260 g/mol. The third kappa shape index (κ3) is 3.80. The van der Waals surface area contributed by atoms with Crippen molar-refractivity contribution in [3.05, 3.63) is 58.9 Å². The molecule has 98 valence electrons. The van der Waals surface area contributed by atoms with E-state index in [1.54, 1.807) is 12.3 Å². The van der Waals surface area contributed by atoms with Crippen molar-refractivity contribution in [3.8, 4) is 0 Å². The van der Waals surface area contributed by atoms with Gasteiger partial charge in [-0.3, -0.25) is 9.78 Å². The maximum absolute atomic E-state index is 11.9. The Balaban J connectivity index is 1.93. The van der Waals surface area contributed by atoms with E-state index in [4.69, 9.17) is 11.6 Å². The second-order valence-electron chi connectivity index (χ2n) is 4.28. The first-order valence-corrected chi connectivity index (χ1v) is 6.49. The molecule has 4 heteroatoms. The highest BCUT2D eigenvalue weighted by Crippen LogP contribution is 2.23. The molecule has 0 radical (unpaired) electrons. The first-order valence-electron chi connectivity index (χ1n) is 6.11. The van der Waals surface area contributed by atoms with Crippen LogP contribution in [0.25, 0.3) is 0 Å². The Morgan fingerprint density at radius 2 is 2.11 bits per heavy atom. The number of benzene rings is 1. The summed E-state index contributed by atoms with van der Waals surface area (Å²) in [4.78, 5) is 16.1. The minimum Gasteiger partial charge on any atom is -0.326 e. The number of carbonyl (C=O) groups is 1. The van der Waals surface area contributed by atoms with Crippen LogP contribution in [0.3, 0.4) is 0 Å². The molecule has 0 fully saturated rings. The van der Waals surface area contributed by atoms with Gasteiger partial charge in [-0.1, -0.05) is 23.7 Å². The summed E-state index contributed by atoms with van der Waals surface area (Å²) in [6.07, 6.45) is 2.77. The fourth-order valence-electron chi connectivity index (χ4n) is 1.74. The number of anilines is 1. The van der Waals surface area contributed by atoms with Gasteiger partial charge in [0.1, 0.15) is 0 Å². The van der Waals surface area contributed by atoms with Crippen LogP contribution in [0.5, 0.6) is 0 Å². The molecule has 0 saturated heterocycles. The Kier molecular flexibility index (Phi) is 4.53. The topological polar surface area (TPSA) is 42.0 Å². The summed E-state index contributed by atoms with van der Waals surface area (Å²) < 4.78 is 0. The highest BCUT2D eigenvalue weighted by Gasteiger charge is 2.07. The maximum Gasteiger partial charge on any atom is 0.224 e. The molecule has 1 amide bonds. The fourth-order valence-corrected chi connectivity index (χ4v) is 1.92. The predicted octanol–water partition coefficient (Wildman–Crippen LogP) is 3.61. The molecule has 2 aromatic rings. The van der Waals surface area contributed by atoms with Crippen LogP contribution >= 0.6 is 11.6 Å². The largest absolute Gasteiger partial charge is 0.326 e. The van der Waals surface area contributed by atoms with Crippen molar-refractivity contribution in [3.63, 3.8) is 0 Å². The predicted molar refractivity (Wildman–Crippen MR) is 77.4 cm³/mol. The number of pyridine rings is 1. The normalized spacial score (nSPS) is 10.2. The number of nitrogens with zero attached hydrogens (tertiary/aromatic N) is 1. The van der Waals surface area contributed by atoms with Gasteiger partial charge in [0.2, 0.25) is 5.91 Å². The number of hydrogen-bond acceptors (Lipinski definition) is 2. The molecule has 0 unspecified atom stereocenters. The van der Waals surface area contributed by atoms with Crippen LogP contribution in [-0.2, 0) is 11.2 Å². The van der Waals surface area contributed by atoms with Crippen molar-refractivity contribution in [1.82, 2.24) is 4.98 Å². The number of halogens is 1. The zero-order valence-corrected chi connectivity index (χ0v) is 11.4. The summed E-state index contributed by atoms with van der Waals surface area (Å²) in [5.41, 5.74) is 2.56. The van der Waals surface area contributed by atoms with Crippen LogP contribution in [0.15, 0.2) is 42.6 Å². The van der Waals surface area contributed by atoms with E-state index >= 15 is 0 Å². The Bertz CT molecular complexity index is 570. The second kappa shape index (κ2) is 6.34. The van der Waals surface area contributed by atoms with Gasteiger partial charge >= 0.3 is 0 Å². The molecule has 1 heterocycles. The summed E-state index contributed by atoms with van der Waals surface area (Å²) in [5, 5.41) is 3.53.